The second-order valence-electron chi connectivity index (χ2n) is 1.67. The summed E-state index contributed by atoms with van der Waals surface area (Å²) in [7, 11) is 0. The van der Waals surface area contributed by atoms with E-state index in [2.05, 4.69) is 20.2 Å². The van der Waals surface area contributed by atoms with Crippen molar-refractivity contribution in [3.8, 4) is 0 Å². The van der Waals surface area contributed by atoms with Gasteiger partial charge < -0.3 is 4.98 Å². The number of aromatic amines is 1. The molecule has 2 aromatic heterocycles. The van der Waals surface area contributed by atoms with Crippen LogP contribution in [-0.2, 0) is 0 Å². The number of nitrogens with one attached hydrogen (secondary N) is 1. The van der Waals surface area contributed by atoms with E-state index in [1.807, 2.05) is 6.07 Å². The number of fused-ring (bicyclic) bond motifs is 1. The van der Waals surface area contributed by atoms with Crippen LogP contribution in [0, 0.1) is 0 Å². The van der Waals surface area contributed by atoms with Gasteiger partial charge in [0.15, 0.2) is 5.65 Å². The van der Waals surface area contributed by atoms with Crippen LogP contribution < -0.4 is 0 Å². The molecule has 0 amide bonds. The van der Waals surface area contributed by atoms with Crippen LogP contribution in [0.15, 0.2) is 18.6 Å². The first-order chi connectivity index (χ1) is 4.47. The second-order valence-corrected chi connectivity index (χ2v) is 1.67. The van der Waals surface area contributed by atoms with Crippen LogP contribution >= 0.6 is 0 Å². The van der Waals surface area contributed by atoms with Gasteiger partial charge in [-0.05, 0) is 6.07 Å². The molecule has 0 unspecified atom stereocenters. The molecule has 0 saturated carbocycles. The lowest BCUT2D eigenvalue weighted by atomic mass is 10.6. The highest BCUT2D eigenvalue weighted by Crippen LogP contribution is 2.00. The van der Waals surface area contributed by atoms with E-state index in [9.17, 15) is 0 Å². The number of hydrogen-bond acceptors (Lipinski definition) is 3. The zero-order valence-corrected chi connectivity index (χ0v) is 4.57. The van der Waals surface area contributed by atoms with Crippen LogP contribution in [0.2, 0.25) is 0 Å². The highest BCUT2D eigenvalue weighted by Gasteiger charge is 1.91. The summed E-state index contributed by atoms with van der Waals surface area (Å²) in [4.78, 5) is 6.82. The number of rotatable bonds is 0. The number of aromatic nitrogens is 4. The van der Waals surface area contributed by atoms with Crippen molar-refractivity contribution >= 4 is 11.2 Å². The lowest BCUT2D eigenvalue weighted by Gasteiger charge is -1.80. The summed E-state index contributed by atoms with van der Waals surface area (Å²) < 4.78 is 0. The maximum Gasteiger partial charge on any atom is 0.178 e. The average Bonchev–Trinajstić information content (AvgIpc) is 2.33. The Labute approximate surface area is 50.9 Å². The molecule has 1 N–H and O–H groups in total. The van der Waals surface area contributed by atoms with Gasteiger partial charge in [-0.15, -0.1) is 10.2 Å². The molecule has 0 aromatic carbocycles. The van der Waals surface area contributed by atoms with Crippen molar-refractivity contribution in [2.24, 2.45) is 0 Å². The molecule has 0 aliphatic heterocycles. The van der Waals surface area contributed by atoms with E-state index in [-0.39, 0.29) is 0 Å². The number of nitrogens with zero attached hydrogens (tertiary/aromatic N) is 3. The van der Waals surface area contributed by atoms with Crippen molar-refractivity contribution in [2.45, 2.75) is 0 Å². The lowest BCUT2D eigenvalue weighted by Crippen LogP contribution is -1.82. The molecule has 4 nitrogen and oxygen atoms in total. The summed E-state index contributed by atoms with van der Waals surface area (Å²) in [6.07, 6.45) is 3.21. The summed E-state index contributed by atoms with van der Waals surface area (Å²) in [6, 6.07) is 1.85. The quantitative estimate of drug-likeness (QED) is 0.545. The summed E-state index contributed by atoms with van der Waals surface area (Å²) in [5.41, 5.74) is 1.59. The summed E-state index contributed by atoms with van der Waals surface area (Å²) in [5.74, 6) is 0. The van der Waals surface area contributed by atoms with E-state index in [4.69, 9.17) is 0 Å². The third kappa shape index (κ3) is 0.561. The minimum Gasteiger partial charge on any atom is -0.343 e. The summed E-state index contributed by atoms with van der Waals surface area (Å²) in [5, 5.41) is 7.37. The van der Waals surface area contributed by atoms with Gasteiger partial charge in [0.1, 0.15) is 11.8 Å². The molecule has 0 aliphatic rings. The van der Waals surface area contributed by atoms with E-state index in [1.165, 1.54) is 6.33 Å². The van der Waals surface area contributed by atoms with Crippen LogP contribution in [0.4, 0.5) is 0 Å². The Morgan fingerprint density at radius 1 is 1.44 bits per heavy atom. The van der Waals surface area contributed by atoms with Gasteiger partial charge in [0, 0.05) is 6.20 Å². The van der Waals surface area contributed by atoms with E-state index < -0.39 is 0 Å². The Bertz CT molecular complexity index is 283. The average molecular weight is 120 g/mol. The Hall–Kier alpha value is -1.45. The van der Waals surface area contributed by atoms with Gasteiger partial charge in [-0.2, -0.15) is 0 Å². The fourth-order valence-corrected chi connectivity index (χ4v) is 0.708. The summed E-state index contributed by atoms with van der Waals surface area (Å²) >= 11 is 0. The first-order valence-corrected chi connectivity index (χ1v) is 2.57. The van der Waals surface area contributed by atoms with Crippen molar-refractivity contribution in [2.75, 3.05) is 0 Å². The molecule has 9 heavy (non-hydrogen) atoms. The standard InChI is InChI=1S/C5H4N4/c1-2-6-5-4(1)7-3-8-9-5/h1-3H,(H,6,9). The van der Waals surface area contributed by atoms with Crippen molar-refractivity contribution < 1.29 is 0 Å². The van der Waals surface area contributed by atoms with Gasteiger partial charge in [0.2, 0.25) is 0 Å². The third-order valence-corrected chi connectivity index (χ3v) is 1.11. The van der Waals surface area contributed by atoms with Gasteiger partial charge in [-0.1, -0.05) is 0 Å². The molecule has 0 spiro atoms. The van der Waals surface area contributed by atoms with Crippen molar-refractivity contribution in [1.82, 2.24) is 20.2 Å². The van der Waals surface area contributed by atoms with Crippen molar-refractivity contribution in [3.63, 3.8) is 0 Å². The van der Waals surface area contributed by atoms with Gasteiger partial charge in [-0.25, -0.2) is 4.98 Å². The molecule has 0 fully saturated rings. The number of hydrogen-bond donors (Lipinski definition) is 1. The first-order valence-electron chi connectivity index (χ1n) is 2.57. The predicted octanol–water partition coefficient (Wildman–Crippen LogP) is 0.353. The fourth-order valence-electron chi connectivity index (χ4n) is 0.708. The van der Waals surface area contributed by atoms with Crippen molar-refractivity contribution in [3.05, 3.63) is 18.6 Å². The fraction of sp³-hybridized carbons (Fsp3) is 0. The Morgan fingerprint density at radius 2 is 2.44 bits per heavy atom. The van der Waals surface area contributed by atoms with Gasteiger partial charge in [0.05, 0.1) is 0 Å². The maximum absolute atomic E-state index is 3.94. The van der Waals surface area contributed by atoms with Crippen LogP contribution in [-0.4, -0.2) is 20.2 Å². The van der Waals surface area contributed by atoms with Gasteiger partial charge >= 0.3 is 0 Å². The first kappa shape index (κ1) is 4.43. The minimum absolute atomic E-state index is 0.734. The van der Waals surface area contributed by atoms with Gasteiger partial charge in [0.25, 0.3) is 0 Å². The Morgan fingerprint density at radius 3 is 3.33 bits per heavy atom. The highest BCUT2D eigenvalue weighted by atomic mass is 15.2. The van der Waals surface area contributed by atoms with E-state index in [1.54, 1.807) is 6.20 Å². The zero-order valence-electron chi connectivity index (χ0n) is 4.57. The van der Waals surface area contributed by atoms with E-state index in [0.717, 1.165) is 11.2 Å². The largest absolute Gasteiger partial charge is 0.343 e. The molecule has 2 heterocycles. The SMILES string of the molecule is c1nnc2[nH]ccc2n1. The van der Waals surface area contributed by atoms with Crippen LogP contribution in [0.1, 0.15) is 0 Å². The van der Waals surface area contributed by atoms with Crippen molar-refractivity contribution in [1.29, 1.82) is 0 Å². The molecule has 0 radical (unpaired) electrons. The van der Waals surface area contributed by atoms with Crippen LogP contribution in [0.25, 0.3) is 11.2 Å². The molecule has 0 atom stereocenters. The highest BCUT2D eigenvalue weighted by molar-refractivity contribution is 5.68. The second kappa shape index (κ2) is 1.51. The molecule has 2 aromatic rings. The monoisotopic (exact) mass is 120 g/mol. The Kier molecular flexibility index (Phi) is 0.745. The molecular formula is C5H4N4. The molecule has 4 heteroatoms. The van der Waals surface area contributed by atoms with Gasteiger partial charge in [-0.3, -0.25) is 0 Å². The molecule has 2 rings (SSSR count). The zero-order chi connectivity index (χ0) is 6.10. The normalized spacial score (nSPS) is 10.2. The lowest BCUT2D eigenvalue weighted by molar-refractivity contribution is 1.01. The van der Waals surface area contributed by atoms with E-state index in [0.29, 0.717) is 0 Å². The minimum atomic E-state index is 0.734. The molecule has 44 valence electrons. The molecular weight excluding hydrogens is 116 g/mol. The predicted molar refractivity (Wildman–Crippen MR) is 31.7 cm³/mol. The van der Waals surface area contributed by atoms with Crippen LogP contribution in [0.3, 0.4) is 0 Å². The topological polar surface area (TPSA) is 54.5 Å². The molecule has 0 saturated heterocycles. The molecule has 0 aliphatic carbocycles. The maximum atomic E-state index is 3.94. The van der Waals surface area contributed by atoms with E-state index >= 15 is 0 Å². The number of H-pyrrole nitrogens is 1. The molecule has 0 bridgehead atoms. The third-order valence-electron chi connectivity index (χ3n) is 1.11. The smallest absolute Gasteiger partial charge is 0.178 e. The summed E-state index contributed by atoms with van der Waals surface area (Å²) in [6.45, 7) is 0. The van der Waals surface area contributed by atoms with Crippen LogP contribution in [0.5, 0.6) is 0 Å². The Balaban J connectivity index is 2.95.